The standard InChI is InChI=1S/C15H15N5O2S/c1-3-10-17-11(13(16)21)12-14(18-10)20(15(22)19-12)8-4-6-9(23-2)7-5-8/h4-7H,3H2,1-2H3,(H2,16,21)(H,19,22). The highest BCUT2D eigenvalue weighted by molar-refractivity contribution is 7.98. The van der Waals surface area contributed by atoms with Crippen LogP contribution in [-0.4, -0.2) is 31.7 Å². The van der Waals surface area contributed by atoms with Gasteiger partial charge in [-0.1, -0.05) is 6.92 Å². The van der Waals surface area contributed by atoms with Crippen molar-refractivity contribution in [2.45, 2.75) is 18.2 Å². The van der Waals surface area contributed by atoms with Gasteiger partial charge in [0, 0.05) is 11.3 Å². The molecule has 0 saturated heterocycles. The van der Waals surface area contributed by atoms with Crippen LogP contribution in [0.3, 0.4) is 0 Å². The van der Waals surface area contributed by atoms with Gasteiger partial charge < -0.3 is 10.7 Å². The summed E-state index contributed by atoms with van der Waals surface area (Å²) in [5.74, 6) is -0.238. The van der Waals surface area contributed by atoms with E-state index in [1.807, 2.05) is 37.4 Å². The van der Waals surface area contributed by atoms with Crippen LogP contribution in [0.1, 0.15) is 23.2 Å². The van der Waals surface area contributed by atoms with Gasteiger partial charge in [0.2, 0.25) is 0 Å². The molecule has 0 spiro atoms. The number of aromatic amines is 1. The number of carbonyl (C=O) groups excluding carboxylic acids is 1. The van der Waals surface area contributed by atoms with Crippen LogP contribution in [0.2, 0.25) is 0 Å². The second-order valence-corrected chi connectivity index (χ2v) is 5.75. The van der Waals surface area contributed by atoms with Gasteiger partial charge in [0.25, 0.3) is 5.91 Å². The summed E-state index contributed by atoms with van der Waals surface area (Å²) in [6.45, 7) is 1.87. The fourth-order valence-electron chi connectivity index (χ4n) is 2.34. The smallest absolute Gasteiger partial charge is 0.332 e. The topological polar surface area (TPSA) is 107 Å². The lowest BCUT2D eigenvalue weighted by Crippen LogP contribution is -2.16. The number of aromatic nitrogens is 4. The monoisotopic (exact) mass is 329 g/mol. The Labute approximate surface area is 135 Å². The number of nitrogens with two attached hydrogens (primary N) is 1. The Kier molecular flexibility index (Phi) is 3.91. The van der Waals surface area contributed by atoms with Crippen molar-refractivity contribution in [1.29, 1.82) is 0 Å². The van der Waals surface area contributed by atoms with Crippen LogP contribution in [0.25, 0.3) is 16.9 Å². The van der Waals surface area contributed by atoms with Crippen molar-refractivity contribution in [1.82, 2.24) is 19.5 Å². The number of nitrogens with one attached hydrogen (secondary N) is 1. The van der Waals surface area contributed by atoms with Crippen LogP contribution in [-0.2, 0) is 6.42 Å². The molecule has 0 fully saturated rings. The second kappa shape index (κ2) is 5.88. The summed E-state index contributed by atoms with van der Waals surface area (Å²) in [4.78, 5) is 36.2. The number of benzene rings is 1. The van der Waals surface area contributed by atoms with E-state index in [2.05, 4.69) is 15.0 Å². The number of carbonyl (C=O) groups is 1. The molecule has 0 radical (unpaired) electrons. The summed E-state index contributed by atoms with van der Waals surface area (Å²) in [5, 5.41) is 0. The van der Waals surface area contributed by atoms with E-state index in [0.29, 0.717) is 23.6 Å². The molecule has 3 N–H and O–H groups in total. The SMILES string of the molecule is CCc1nc(C(N)=O)c2[nH]c(=O)n(-c3ccc(SC)cc3)c2n1. The number of imidazole rings is 1. The van der Waals surface area contributed by atoms with E-state index in [1.54, 1.807) is 11.8 Å². The molecule has 8 heteroatoms. The van der Waals surface area contributed by atoms with Crippen molar-refractivity contribution in [2.24, 2.45) is 5.73 Å². The zero-order chi connectivity index (χ0) is 16.6. The Morgan fingerprint density at radius 1 is 1.30 bits per heavy atom. The van der Waals surface area contributed by atoms with Gasteiger partial charge in [0.05, 0.1) is 5.69 Å². The molecule has 3 rings (SSSR count). The van der Waals surface area contributed by atoms with Gasteiger partial charge in [0.15, 0.2) is 11.3 Å². The first-order valence-corrected chi connectivity index (χ1v) is 8.23. The molecule has 0 unspecified atom stereocenters. The zero-order valence-corrected chi connectivity index (χ0v) is 13.5. The second-order valence-electron chi connectivity index (χ2n) is 4.87. The van der Waals surface area contributed by atoms with E-state index in [4.69, 9.17) is 5.73 Å². The van der Waals surface area contributed by atoms with Crippen LogP contribution in [0, 0.1) is 0 Å². The number of primary amides is 1. The number of aryl methyl sites for hydroxylation is 1. The average molecular weight is 329 g/mol. The minimum atomic E-state index is -0.696. The number of thioether (sulfide) groups is 1. The minimum absolute atomic E-state index is 0.0310. The highest BCUT2D eigenvalue weighted by Gasteiger charge is 2.18. The highest BCUT2D eigenvalue weighted by atomic mass is 32.2. The molecular formula is C15H15N5O2S. The summed E-state index contributed by atoms with van der Waals surface area (Å²) in [7, 11) is 0. The van der Waals surface area contributed by atoms with E-state index < -0.39 is 5.91 Å². The largest absolute Gasteiger partial charge is 0.364 e. The summed E-state index contributed by atoms with van der Waals surface area (Å²) in [6, 6.07) is 7.50. The van der Waals surface area contributed by atoms with Gasteiger partial charge >= 0.3 is 5.69 Å². The molecule has 23 heavy (non-hydrogen) atoms. The van der Waals surface area contributed by atoms with Crippen molar-refractivity contribution in [3.63, 3.8) is 0 Å². The molecule has 0 saturated carbocycles. The summed E-state index contributed by atoms with van der Waals surface area (Å²) < 4.78 is 1.42. The zero-order valence-electron chi connectivity index (χ0n) is 12.7. The molecule has 2 heterocycles. The van der Waals surface area contributed by atoms with Crippen LogP contribution < -0.4 is 11.4 Å². The summed E-state index contributed by atoms with van der Waals surface area (Å²) in [5.41, 5.74) is 6.29. The lowest BCUT2D eigenvalue weighted by molar-refractivity contribution is 0.0997. The third kappa shape index (κ3) is 2.61. The highest BCUT2D eigenvalue weighted by Crippen LogP contribution is 2.20. The maximum atomic E-state index is 12.4. The molecule has 1 amide bonds. The summed E-state index contributed by atoms with van der Waals surface area (Å²) in [6.07, 6.45) is 2.51. The van der Waals surface area contributed by atoms with Gasteiger partial charge in [-0.05, 0) is 30.5 Å². The number of amides is 1. The Morgan fingerprint density at radius 3 is 2.57 bits per heavy atom. The van der Waals surface area contributed by atoms with Crippen molar-refractivity contribution in [2.75, 3.05) is 6.26 Å². The number of hydrogen-bond donors (Lipinski definition) is 2. The van der Waals surface area contributed by atoms with Gasteiger partial charge in [-0.2, -0.15) is 0 Å². The van der Waals surface area contributed by atoms with Gasteiger partial charge in [-0.3, -0.25) is 4.79 Å². The van der Waals surface area contributed by atoms with Gasteiger partial charge in [0.1, 0.15) is 11.3 Å². The van der Waals surface area contributed by atoms with E-state index >= 15 is 0 Å². The average Bonchev–Trinajstić information content (AvgIpc) is 2.89. The molecule has 2 aromatic heterocycles. The molecule has 118 valence electrons. The van der Waals surface area contributed by atoms with Crippen molar-refractivity contribution in [3.8, 4) is 5.69 Å². The Bertz CT molecular complexity index is 943. The van der Waals surface area contributed by atoms with E-state index in [0.717, 1.165) is 4.90 Å². The first-order valence-electron chi connectivity index (χ1n) is 7.01. The van der Waals surface area contributed by atoms with Crippen LogP contribution in [0.5, 0.6) is 0 Å². The Hall–Kier alpha value is -2.61. The Morgan fingerprint density at radius 2 is 2.00 bits per heavy atom. The predicted molar refractivity (Wildman–Crippen MR) is 89.2 cm³/mol. The van der Waals surface area contributed by atoms with Gasteiger partial charge in [-0.25, -0.2) is 19.3 Å². The quantitative estimate of drug-likeness (QED) is 0.705. The van der Waals surface area contributed by atoms with E-state index in [9.17, 15) is 9.59 Å². The lowest BCUT2D eigenvalue weighted by atomic mass is 10.3. The third-order valence-electron chi connectivity index (χ3n) is 3.46. The van der Waals surface area contributed by atoms with Gasteiger partial charge in [-0.15, -0.1) is 11.8 Å². The van der Waals surface area contributed by atoms with E-state index in [1.165, 1.54) is 4.57 Å². The molecule has 7 nitrogen and oxygen atoms in total. The molecule has 3 aromatic rings. The van der Waals surface area contributed by atoms with Crippen LogP contribution in [0.15, 0.2) is 34.0 Å². The predicted octanol–water partition coefficient (Wildman–Crippen LogP) is 1.49. The fourth-order valence-corrected chi connectivity index (χ4v) is 2.75. The molecule has 0 atom stereocenters. The first kappa shape index (κ1) is 15.3. The molecule has 0 bridgehead atoms. The lowest BCUT2D eigenvalue weighted by Gasteiger charge is -2.06. The number of H-pyrrole nitrogens is 1. The van der Waals surface area contributed by atoms with Crippen molar-refractivity contribution in [3.05, 3.63) is 46.3 Å². The molecule has 0 aliphatic heterocycles. The normalized spacial score (nSPS) is 11.0. The molecule has 0 aliphatic carbocycles. The molecule has 1 aromatic carbocycles. The number of nitrogens with zero attached hydrogens (tertiary/aromatic N) is 3. The minimum Gasteiger partial charge on any atom is -0.364 e. The molecular weight excluding hydrogens is 314 g/mol. The number of rotatable bonds is 4. The fraction of sp³-hybridized carbons (Fsp3) is 0.200. The number of fused-ring (bicyclic) bond motifs is 1. The first-order chi connectivity index (χ1) is 11.0. The maximum absolute atomic E-state index is 12.4. The van der Waals surface area contributed by atoms with Crippen molar-refractivity contribution < 1.29 is 4.79 Å². The van der Waals surface area contributed by atoms with Crippen LogP contribution in [0.4, 0.5) is 0 Å². The molecule has 0 aliphatic rings. The summed E-state index contributed by atoms with van der Waals surface area (Å²) >= 11 is 1.61. The third-order valence-corrected chi connectivity index (χ3v) is 4.21. The Balaban J connectivity index is 2.32. The van der Waals surface area contributed by atoms with E-state index in [-0.39, 0.29) is 16.9 Å². The maximum Gasteiger partial charge on any atom is 0.332 e. The van der Waals surface area contributed by atoms with Crippen molar-refractivity contribution >= 4 is 28.8 Å². The van der Waals surface area contributed by atoms with Crippen LogP contribution >= 0.6 is 11.8 Å². The number of hydrogen-bond acceptors (Lipinski definition) is 5.